The van der Waals surface area contributed by atoms with Crippen LogP contribution in [0.15, 0.2) is 48.5 Å². The van der Waals surface area contributed by atoms with Gasteiger partial charge in [0.05, 0.1) is 11.5 Å². The molecule has 0 radical (unpaired) electrons. The van der Waals surface area contributed by atoms with Crippen LogP contribution in [0.4, 0.5) is 0 Å². The minimum Gasteiger partial charge on any atom is -0.379 e. The molecule has 1 heterocycles. The van der Waals surface area contributed by atoms with Gasteiger partial charge in [-0.3, -0.25) is 4.79 Å². The zero-order valence-electron chi connectivity index (χ0n) is 13.0. The first-order valence-corrected chi connectivity index (χ1v) is 8.14. The molecular weight excluding hydrogens is 294 g/mol. The highest BCUT2D eigenvalue weighted by molar-refractivity contribution is 7.14. The monoisotopic (exact) mass is 315 g/mol. The Morgan fingerprint density at radius 1 is 1.23 bits per heavy atom. The largest absolute Gasteiger partial charge is 0.379 e. The number of nitrogens with zero attached hydrogens (tertiary/aromatic N) is 1. The van der Waals surface area contributed by atoms with Gasteiger partial charge in [0.2, 0.25) is 0 Å². The maximum Gasteiger partial charge on any atom is 0.264 e. The lowest BCUT2D eigenvalue weighted by atomic mass is 10.2. The van der Waals surface area contributed by atoms with Crippen molar-refractivity contribution in [2.24, 2.45) is 0 Å². The van der Waals surface area contributed by atoms with Crippen LogP contribution < -0.4 is 0 Å². The molecule has 0 saturated heterocycles. The van der Waals surface area contributed by atoms with Gasteiger partial charge in [-0.15, -0.1) is 11.3 Å². The molecular formula is C18H21NO2S. The Hall–Kier alpha value is -1.91. The fourth-order valence-corrected chi connectivity index (χ4v) is 3.05. The zero-order valence-corrected chi connectivity index (χ0v) is 13.8. The Kier molecular flexibility index (Phi) is 6.37. The van der Waals surface area contributed by atoms with Crippen LogP contribution in [0.2, 0.25) is 0 Å². The zero-order chi connectivity index (χ0) is 15.8. The minimum atomic E-state index is 0.0764. The van der Waals surface area contributed by atoms with Crippen LogP contribution in [0.3, 0.4) is 0 Å². The van der Waals surface area contributed by atoms with Gasteiger partial charge in [0.25, 0.3) is 5.91 Å². The first-order valence-electron chi connectivity index (χ1n) is 7.33. The van der Waals surface area contributed by atoms with E-state index in [4.69, 9.17) is 4.74 Å². The van der Waals surface area contributed by atoms with Crippen LogP contribution in [0.1, 0.15) is 27.0 Å². The SMILES string of the molecule is CCN(CC=Cc1ccccc1)C(=O)c1ccc(COC)s1. The molecule has 2 aromatic rings. The number of ether oxygens (including phenoxy) is 1. The van der Waals surface area contributed by atoms with E-state index in [1.807, 2.05) is 66.4 Å². The summed E-state index contributed by atoms with van der Waals surface area (Å²) in [6.07, 6.45) is 4.07. The molecule has 0 aliphatic carbocycles. The molecule has 1 aromatic carbocycles. The Bertz CT molecular complexity index is 619. The smallest absolute Gasteiger partial charge is 0.264 e. The first kappa shape index (κ1) is 16.5. The average Bonchev–Trinajstić information content (AvgIpc) is 3.01. The second-order valence-electron chi connectivity index (χ2n) is 4.86. The fraction of sp³-hybridized carbons (Fsp3) is 0.278. The quantitative estimate of drug-likeness (QED) is 0.771. The van der Waals surface area contributed by atoms with E-state index in [9.17, 15) is 4.79 Å². The predicted octanol–water partition coefficient (Wildman–Crippen LogP) is 4.07. The van der Waals surface area contributed by atoms with E-state index >= 15 is 0 Å². The van der Waals surface area contributed by atoms with Crippen LogP contribution in [-0.4, -0.2) is 31.0 Å². The highest BCUT2D eigenvalue weighted by Crippen LogP contribution is 2.19. The van der Waals surface area contributed by atoms with Crippen molar-refractivity contribution in [1.82, 2.24) is 4.90 Å². The van der Waals surface area contributed by atoms with Crippen molar-refractivity contribution in [3.63, 3.8) is 0 Å². The van der Waals surface area contributed by atoms with Gasteiger partial charge < -0.3 is 9.64 Å². The third-order valence-electron chi connectivity index (χ3n) is 3.26. The van der Waals surface area contributed by atoms with Crippen LogP contribution in [-0.2, 0) is 11.3 Å². The molecule has 4 heteroatoms. The molecule has 22 heavy (non-hydrogen) atoms. The minimum absolute atomic E-state index is 0.0764. The van der Waals surface area contributed by atoms with Gasteiger partial charge >= 0.3 is 0 Å². The van der Waals surface area contributed by atoms with E-state index in [1.54, 1.807) is 7.11 Å². The molecule has 0 bridgehead atoms. The van der Waals surface area contributed by atoms with Crippen molar-refractivity contribution >= 4 is 23.3 Å². The number of carbonyl (C=O) groups is 1. The summed E-state index contributed by atoms with van der Waals surface area (Å²) in [5, 5.41) is 0. The number of rotatable bonds is 7. The van der Waals surface area contributed by atoms with Crippen LogP contribution in [0.25, 0.3) is 6.08 Å². The predicted molar refractivity (Wildman–Crippen MR) is 92.1 cm³/mol. The summed E-state index contributed by atoms with van der Waals surface area (Å²) in [6, 6.07) is 13.9. The molecule has 2 rings (SSSR count). The summed E-state index contributed by atoms with van der Waals surface area (Å²) in [6.45, 7) is 3.85. The number of carbonyl (C=O) groups excluding carboxylic acids is 1. The van der Waals surface area contributed by atoms with Crippen molar-refractivity contribution in [2.75, 3.05) is 20.2 Å². The van der Waals surface area contributed by atoms with E-state index in [0.29, 0.717) is 19.7 Å². The molecule has 116 valence electrons. The molecule has 0 unspecified atom stereocenters. The number of methoxy groups -OCH3 is 1. The Morgan fingerprint density at radius 2 is 2.00 bits per heavy atom. The van der Waals surface area contributed by atoms with E-state index in [2.05, 4.69) is 0 Å². The van der Waals surface area contributed by atoms with Crippen LogP contribution in [0.5, 0.6) is 0 Å². The van der Waals surface area contributed by atoms with Crippen molar-refractivity contribution < 1.29 is 9.53 Å². The van der Waals surface area contributed by atoms with Gasteiger partial charge in [0.1, 0.15) is 0 Å². The molecule has 3 nitrogen and oxygen atoms in total. The summed E-state index contributed by atoms with van der Waals surface area (Å²) in [7, 11) is 1.66. The molecule has 0 aliphatic heterocycles. The van der Waals surface area contributed by atoms with Crippen molar-refractivity contribution in [2.45, 2.75) is 13.5 Å². The molecule has 0 aliphatic rings. The maximum absolute atomic E-state index is 12.5. The topological polar surface area (TPSA) is 29.5 Å². The highest BCUT2D eigenvalue weighted by Gasteiger charge is 2.15. The van der Waals surface area contributed by atoms with Crippen molar-refractivity contribution in [3.05, 3.63) is 63.9 Å². The van der Waals surface area contributed by atoms with Crippen LogP contribution in [0, 0.1) is 0 Å². The van der Waals surface area contributed by atoms with E-state index in [0.717, 1.165) is 15.3 Å². The lowest BCUT2D eigenvalue weighted by Gasteiger charge is -2.18. The molecule has 0 atom stereocenters. The molecule has 1 aromatic heterocycles. The number of likely N-dealkylation sites (N-methyl/N-ethyl adjacent to an activating group) is 1. The van der Waals surface area contributed by atoms with Gasteiger partial charge in [-0.05, 0) is 24.6 Å². The van der Waals surface area contributed by atoms with Gasteiger partial charge in [0.15, 0.2) is 0 Å². The lowest BCUT2D eigenvalue weighted by Crippen LogP contribution is -2.30. The molecule has 0 fully saturated rings. The van der Waals surface area contributed by atoms with Gasteiger partial charge in [-0.1, -0.05) is 42.5 Å². The summed E-state index contributed by atoms with van der Waals surface area (Å²) in [5.41, 5.74) is 1.14. The molecule has 1 amide bonds. The van der Waals surface area contributed by atoms with Crippen LogP contribution >= 0.6 is 11.3 Å². The van der Waals surface area contributed by atoms with Gasteiger partial charge in [-0.2, -0.15) is 0 Å². The van der Waals surface area contributed by atoms with E-state index < -0.39 is 0 Å². The first-order chi connectivity index (χ1) is 10.7. The molecule has 0 saturated carbocycles. The Morgan fingerprint density at radius 3 is 2.68 bits per heavy atom. The lowest BCUT2D eigenvalue weighted by molar-refractivity contribution is 0.0787. The summed E-state index contributed by atoms with van der Waals surface area (Å²) in [4.78, 5) is 16.2. The van der Waals surface area contributed by atoms with Crippen molar-refractivity contribution in [3.8, 4) is 0 Å². The summed E-state index contributed by atoms with van der Waals surface area (Å²) >= 11 is 1.50. The normalized spacial score (nSPS) is 11.0. The molecule has 0 N–H and O–H groups in total. The number of thiophene rings is 1. The number of benzene rings is 1. The second kappa shape index (κ2) is 8.51. The Labute approximate surface area is 135 Å². The number of hydrogen-bond acceptors (Lipinski definition) is 3. The van der Waals surface area contributed by atoms with Crippen molar-refractivity contribution in [1.29, 1.82) is 0 Å². The standard InChI is InChI=1S/C18H21NO2S/c1-3-19(13-7-10-15-8-5-4-6-9-15)18(20)17-12-11-16(22-17)14-21-2/h4-12H,3,13-14H2,1-2H3. The molecule has 0 spiro atoms. The maximum atomic E-state index is 12.5. The third kappa shape index (κ3) is 4.55. The number of hydrogen-bond donors (Lipinski definition) is 0. The third-order valence-corrected chi connectivity index (χ3v) is 4.31. The van der Waals surface area contributed by atoms with Gasteiger partial charge in [-0.25, -0.2) is 0 Å². The van der Waals surface area contributed by atoms with E-state index in [-0.39, 0.29) is 5.91 Å². The number of amides is 1. The second-order valence-corrected chi connectivity index (χ2v) is 6.02. The highest BCUT2D eigenvalue weighted by atomic mass is 32.1. The van der Waals surface area contributed by atoms with Gasteiger partial charge in [0, 0.05) is 25.1 Å². The average molecular weight is 315 g/mol. The summed E-state index contributed by atoms with van der Waals surface area (Å²) in [5.74, 6) is 0.0764. The van der Waals surface area contributed by atoms with E-state index in [1.165, 1.54) is 11.3 Å². The fourth-order valence-electron chi connectivity index (χ4n) is 2.10. The summed E-state index contributed by atoms with van der Waals surface area (Å²) < 4.78 is 5.10. The Balaban J connectivity index is 1.98.